The lowest BCUT2D eigenvalue weighted by molar-refractivity contribution is -0.156. The second-order valence-electron chi connectivity index (χ2n) is 8.40. The highest BCUT2D eigenvalue weighted by Crippen LogP contribution is 2.28. The Balaban J connectivity index is 2.13. The molecule has 1 saturated heterocycles. The SMILES string of the molecule is C[C@@H]1OC(=O)[C@@H](NC(=O)OC(C)(C)C)CCC[C@H](CCBr)[C@H]1Oc1ccccc1. The fraction of sp³-hybridized carbons (Fsp3) is 0.636. The van der Waals surface area contributed by atoms with Crippen molar-refractivity contribution in [3.8, 4) is 5.75 Å². The van der Waals surface area contributed by atoms with Crippen molar-refractivity contribution in [2.75, 3.05) is 5.33 Å². The molecule has 1 heterocycles. The largest absolute Gasteiger partial charge is 0.486 e. The molecule has 1 aromatic carbocycles. The number of ether oxygens (including phenoxy) is 3. The van der Waals surface area contributed by atoms with E-state index >= 15 is 0 Å². The Morgan fingerprint density at radius 2 is 1.93 bits per heavy atom. The van der Waals surface area contributed by atoms with Crippen molar-refractivity contribution in [2.24, 2.45) is 5.92 Å². The van der Waals surface area contributed by atoms with E-state index in [1.54, 1.807) is 20.8 Å². The predicted octanol–water partition coefficient (Wildman–Crippen LogP) is 4.84. The molecule has 1 aliphatic rings. The Kier molecular flexibility index (Phi) is 8.80. The van der Waals surface area contributed by atoms with Crippen molar-refractivity contribution in [3.05, 3.63) is 30.3 Å². The van der Waals surface area contributed by atoms with Gasteiger partial charge in [0, 0.05) is 11.2 Å². The van der Waals surface area contributed by atoms with Crippen LogP contribution in [0.1, 0.15) is 53.4 Å². The zero-order valence-corrected chi connectivity index (χ0v) is 19.2. The number of cyclic esters (lactones) is 1. The normalized spacial score (nSPS) is 25.8. The summed E-state index contributed by atoms with van der Waals surface area (Å²) in [4.78, 5) is 24.9. The van der Waals surface area contributed by atoms with Gasteiger partial charge in [-0.3, -0.25) is 0 Å². The Morgan fingerprint density at radius 1 is 1.24 bits per heavy atom. The monoisotopic (exact) mass is 469 g/mol. The molecule has 4 atom stereocenters. The number of hydrogen-bond donors (Lipinski definition) is 1. The summed E-state index contributed by atoms with van der Waals surface area (Å²) in [6, 6.07) is 8.84. The zero-order chi connectivity index (χ0) is 21.4. The quantitative estimate of drug-likeness (QED) is 0.492. The summed E-state index contributed by atoms with van der Waals surface area (Å²) >= 11 is 3.53. The molecule has 29 heavy (non-hydrogen) atoms. The molecule has 0 bridgehead atoms. The topological polar surface area (TPSA) is 73.9 Å². The first-order chi connectivity index (χ1) is 13.7. The van der Waals surface area contributed by atoms with Crippen molar-refractivity contribution >= 4 is 28.0 Å². The number of amides is 1. The molecule has 162 valence electrons. The van der Waals surface area contributed by atoms with Gasteiger partial charge in [-0.1, -0.05) is 40.5 Å². The maximum absolute atomic E-state index is 12.7. The van der Waals surface area contributed by atoms with Gasteiger partial charge in [-0.05, 0) is 59.1 Å². The minimum atomic E-state index is -0.729. The minimum absolute atomic E-state index is 0.220. The van der Waals surface area contributed by atoms with E-state index in [0.29, 0.717) is 6.42 Å². The summed E-state index contributed by atoms with van der Waals surface area (Å²) in [6.45, 7) is 7.20. The molecule has 1 amide bonds. The van der Waals surface area contributed by atoms with Gasteiger partial charge < -0.3 is 19.5 Å². The second kappa shape index (κ2) is 10.9. The minimum Gasteiger partial charge on any atom is -0.486 e. The van der Waals surface area contributed by atoms with E-state index in [-0.39, 0.29) is 12.0 Å². The molecule has 1 aromatic rings. The molecular formula is C22H32BrNO5. The van der Waals surface area contributed by atoms with Crippen molar-refractivity contribution in [1.82, 2.24) is 5.32 Å². The number of benzene rings is 1. The number of alkyl halides is 1. The maximum atomic E-state index is 12.7. The molecule has 0 saturated carbocycles. The third kappa shape index (κ3) is 7.88. The molecule has 0 aliphatic carbocycles. The molecule has 0 aromatic heterocycles. The first kappa shape index (κ1) is 23.5. The van der Waals surface area contributed by atoms with Gasteiger partial charge in [0.1, 0.15) is 29.6 Å². The molecule has 0 radical (unpaired) electrons. The van der Waals surface area contributed by atoms with Crippen molar-refractivity contribution in [2.45, 2.75) is 77.2 Å². The third-order valence-electron chi connectivity index (χ3n) is 4.77. The standard InChI is InChI=1S/C22H32BrNO5/c1-15-19(28-17-10-6-5-7-11-17)16(13-14-23)9-8-12-18(20(25)27-15)24-21(26)29-22(2,3)4/h5-7,10-11,15-16,18-19H,8-9,12-14H2,1-4H3,(H,24,26)/t15-,16+,18-,19-/m0/s1. The lowest BCUT2D eigenvalue weighted by Gasteiger charge is -2.31. The number of carbonyl (C=O) groups excluding carboxylic acids is 2. The van der Waals surface area contributed by atoms with Crippen molar-refractivity contribution in [1.29, 1.82) is 0 Å². The molecule has 1 N–H and O–H groups in total. The van der Waals surface area contributed by atoms with E-state index in [2.05, 4.69) is 21.2 Å². The molecule has 1 fully saturated rings. The summed E-state index contributed by atoms with van der Waals surface area (Å²) < 4.78 is 17.3. The van der Waals surface area contributed by atoms with Crippen LogP contribution in [0.15, 0.2) is 30.3 Å². The van der Waals surface area contributed by atoms with Crippen LogP contribution in [0, 0.1) is 5.92 Å². The zero-order valence-electron chi connectivity index (χ0n) is 17.7. The van der Waals surface area contributed by atoms with Crippen LogP contribution in [-0.4, -0.2) is 41.2 Å². The van der Waals surface area contributed by atoms with Crippen LogP contribution in [0.25, 0.3) is 0 Å². The Bertz CT molecular complexity index is 661. The second-order valence-corrected chi connectivity index (χ2v) is 9.20. The lowest BCUT2D eigenvalue weighted by Crippen LogP contribution is -2.46. The summed E-state index contributed by atoms with van der Waals surface area (Å²) in [5.74, 6) is 0.518. The van der Waals surface area contributed by atoms with Crippen LogP contribution < -0.4 is 10.1 Å². The Morgan fingerprint density at radius 3 is 2.55 bits per heavy atom. The van der Waals surface area contributed by atoms with Gasteiger partial charge in [-0.2, -0.15) is 0 Å². The highest BCUT2D eigenvalue weighted by atomic mass is 79.9. The van der Waals surface area contributed by atoms with Gasteiger partial charge in [-0.15, -0.1) is 0 Å². The summed E-state index contributed by atoms with van der Waals surface area (Å²) in [7, 11) is 0. The van der Waals surface area contributed by atoms with E-state index in [4.69, 9.17) is 14.2 Å². The van der Waals surface area contributed by atoms with E-state index in [0.717, 1.165) is 30.3 Å². The fourth-order valence-electron chi connectivity index (χ4n) is 3.46. The van der Waals surface area contributed by atoms with Crippen LogP contribution in [0.3, 0.4) is 0 Å². The average molecular weight is 470 g/mol. The molecule has 0 unspecified atom stereocenters. The number of nitrogens with one attached hydrogen (secondary N) is 1. The lowest BCUT2D eigenvalue weighted by atomic mass is 9.90. The number of carbonyl (C=O) groups is 2. The maximum Gasteiger partial charge on any atom is 0.408 e. The smallest absolute Gasteiger partial charge is 0.408 e. The molecule has 7 heteroatoms. The molecule has 2 rings (SSSR count). The van der Waals surface area contributed by atoms with Crippen molar-refractivity contribution in [3.63, 3.8) is 0 Å². The Labute approximate surface area is 181 Å². The van der Waals surface area contributed by atoms with Crippen molar-refractivity contribution < 1.29 is 23.8 Å². The van der Waals surface area contributed by atoms with Crippen LogP contribution >= 0.6 is 15.9 Å². The molecule has 6 nitrogen and oxygen atoms in total. The number of esters is 1. The highest BCUT2D eigenvalue weighted by molar-refractivity contribution is 9.09. The van der Waals surface area contributed by atoms with E-state index in [1.165, 1.54) is 0 Å². The molecular weight excluding hydrogens is 438 g/mol. The van der Waals surface area contributed by atoms with Gasteiger partial charge in [0.15, 0.2) is 0 Å². The van der Waals surface area contributed by atoms with Crippen LogP contribution in [0.5, 0.6) is 5.75 Å². The number of rotatable bonds is 5. The third-order valence-corrected chi connectivity index (χ3v) is 5.23. The van der Waals surface area contributed by atoms with Gasteiger partial charge in [-0.25, -0.2) is 9.59 Å². The highest BCUT2D eigenvalue weighted by Gasteiger charge is 2.35. The summed E-state index contributed by atoms with van der Waals surface area (Å²) in [5, 5.41) is 3.51. The Hall–Kier alpha value is -1.76. The summed E-state index contributed by atoms with van der Waals surface area (Å²) in [6.07, 6.45) is 1.73. The molecule has 0 spiro atoms. The van der Waals surface area contributed by atoms with Crippen LogP contribution in [0.4, 0.5) is 4.79 Å². The first-order valence-corrected chi connectivity index (χ1v) is 11.3. The average Bonchev–Trinajstić information content (AvgIpc) is 2.67. The van der Waals surface area contributed by atoms with Gasteiger partial charge >= 0.3 is 12.1 Å². The van der Waals surface area contributed by atoms with E-state index in [9.17, 15) is 9.59 Å². The fourth-order valence-corrected chi connectivity index (χ4v) is 4.05. The number of hydrogen-bond acceptors (Lipinski definition) is 5. The van der Waals surface area contributed by atoms with Gasteiger partial charge in [0.05, 0.1) is 0 Å². The number of alkyl carbamates (subject to hydrolysis) is 1. The number of para-hydroxylation sites is 1. The van der Waals surface area contributed by atoms with E-state index in [1.807, 2.05) is 37.3 Å². The van der Waals surface area contributed by atoms with E-state index < -0.39 is 29.8 Å². The van der Waals surface area contributed by atoms with Gasteiger partial charge in [0.2, 0.25) is 0 Å². The van der Waals surface area contributed by atoms with Gasteiger partial charge in [0.25, 0.3) is 0 Å². The van der Waals surface area contributed by atoms with Crippen LogP contribution in [-0.2, 0) is 14.3 Å². The molecule has 1 aliphatic heterocycles. The first-order valence-electron chi connectivity index (χ1n) is 10.2. The summed E-state index contributed by atoms with van der Waals surface area (Å²) in [5.41, 5.74) is -0.630. The van der Waals surface area contributed by atoms with Crippen LogP contribution in [0.2, 0.25) is 0 Å². The number of halogens is 1. The predicted molar refractivity (Wildman–Crippen MR) is 115 cm³/mol.